The van der Waals surface area contributed by atoms with Crippen molar-refractivity contribution in [1.29, 1.82) is 0 Å². The first kappa shape index (κ1) is 44.4. The van der Waals surface area contributed by atoms with Crippen molar-refractivity contribution in [1.82, 2.24) is 13.9 Å². The van der Waals surface area contributed by atoms with Crippen LogP contribution in [0.25, 0.3) is 0 Å². The minimum atomic E-state index is -4.77. The van der Waals surface area contributed by atoms with Crippen LogP contribution in [0, 0.1) is 20.2 Å². The molecule has 0 fully saturated rings. The van der Waals surface area contributed by atoms with Crippen LogP contribution in [0.5, 0.6) is 0 Å². The van der Waals surface area contributed by atoms with Crippen LogP contribution in [0.2, 0.25) is 0 Å². The highest BCUT2D eigenvalue weighted by Crippen LogP contribution is 2.35. The third-order valence-corrected chi connectivity index (χ3v) is 12.8. The fourth-order valence-corrected chi connectivity index (χ4v) is 9.90. The van der Waals surface area contributed by atoms with E-state index in [1.54, 1.807) is 51.1 Å². The number of carbonyl (C=O) groups is 2. The van der Waals surface area contributed by atoms with Crippen molar-refractivity contribution in [2.45, 2.75) is 92.6 Å². The summed E-state index contributed by atoms with van der Waals surface area (Å²) in [5.41, 5.74) is -1.83. The average molecular weight is 832 g/mol. The summed E-state index contributed by atoms with van der Waals surface area (Å²) < 4.78 is 69.7. The Labute approximate surface area is 330 Å². The van der Waals surface area contributed by atoms with E-state index in [2.05, 4.69) is 5.32 Å². The molecule has 0 aromatic heterocycles. The van der Waals surface area contributed by atoms with Crippen molar-refractivity contribution in [2.75, 3.05) is 13.7 Å². The number of nitrogens with zero attached hydrogens (tertiary/aromatic N) is 4. The number of esters is 1. The highest BCUT2D eigenvalue weighted by molar-refractivity contribution is 7.89. The van der Waals surface area contributed by atoms with Crippen molar-refractivity contribution in [3.8, 4) is 0 Å². The topological polar surface area (TPSA) is 246 Å². The van der Waals surface area contributed by atoms with Gasteiger partial charge in [-0.15, -0.1) is 0 Å². The van der Waals surface area contributed by atoms with Crippen molar-refractivity contribution in [3.05, 3.63) is 117 Å². The number of nitro benzene ring substituents is 2. The molecule has 1 aliphatic carbocycles. The summed E-state index contributed by atoms with van der Waals surface area (Å²) in [6.07, 6.45) is -0.0831. The van der Waals surface area contributed by atoms with Gasteiger partial charge in [0.15, 0.2) is 9.79 Å². The smallest absolute Gasteiger partial charge is 0.408 e. The summed E-state index contributed by atoms with van der Waals surface area (Å²) in [5.74, 6) is -0.782. The first-order valence-electron chi connectivity index (χ1n) is 17.8. The Morgan fingerprint density at radius 2 is 1.37 bits per heavy atom. The second kappa shape index (κ2) is 18.8. The van der Waals surface area contributed by atoms with Gasteiger partial charge in [0.1, 0.15) is 11.6 Å². The molecule has 0 aliphatic heterocycles. The molecule has 4 atom stereocenters. The number of unbranched alkanes of at least 4 members (excludes halogenated alkanes) is 1. The molecule has 0 spiro atoms. The normalized spacial score (nSPS) is 17.8. The lowest BCUT2D eigenvalue weighted by Crippen LogP contribution is -2.53. The van der Waals surface area contributed by atoms with Crippen molar-refractivity contribution < 1.29 is 50.9 Å². The summed E-state index contributed by atoms with van der Waals surface area (Å²) in [6, 6.07) is 13.9. The highest BCUT2D eigenvalue weighted by atomic mass is 32.2. The van der Waals surface area contributed by atoms with Crippen LogP contribution in [-0.4, -0.2) is 95.9 Å². The van der Waals surface area contributed by atoms with Crippen LogP contribution >= 0.6 is 0 Å². The summed E-state index contributed by atoms with van der Waals surface area (Å²) >= 11 is 0. The zero-order chi connectivity index (χ0) is 42.1. The maximum absolute atomic E-state index is 14.5. The third-order valence-electron chi connectivity index (χ3n) is 8.92. The molecule has 0 heterocycles. The number of alkyl carbamates (subject to hydrolysis) is 1. The molecule has 3 aromatic rings. The zero-order valence-corrected chi connectivity index (χ0v) is 33.3. The molecule has 308 valence electrons. The fraction of sp³-hybridized carbons (Fsp3) is 0.405. The number of nitrogens with one attached hydrogen (secondary N) is 1. The molecule has 4 rings (SSSR count). The molecule has 0 unspecified atom stereocenters. The number of aliphatic hydroxyl groups excluding tert-OH is 1. The van der Waals surface area contributed by atoms with Crippen LogP contribution in [0.4, 0.5) is 16.2 Å². The largest absolute Gasteiger partial charge is 0.467 e. The molecule has 0 saturated heterocycles. The highest BCUT2D eigenvalue weighted by Gasteiger charge is 2.44. The second-order valence-electron chi connectivity index (χ2n) is 14.1. The number of methoxy groups -OCH3 is 1. The van der Waals surface area contributed by atoms with E-state index in [-0.39, 0.29) is 38.8 Å². The molecule has 2 N–H and O–H groups in total. The quantitative estimate of drug-likeness (QED) is 0.0618. The van der Waals surface area contributed by atoms with Gasteiger partial charge in [-0.25, -0.2) is 26.4 Å². The van der Waals surface area contributed by atoms with Gasteiger partial charge in [-0.3, -0.25) is 20.2 Å². The summed E-state index contributed by atoms with van der Waals surface area (Å²) in [5, 5.41) is 37.8. The lowest BCUT2D eigenvalue weighted by molar-refractivity contribution is -0.388. The molecule has 0 bridgehead atoms. The van der Waals surface area contributed by atoms with E-state index in [0.29, 0.717) is 5.56 Å². The van der Waals surface area contributed by atoms with Gasteiger partial charge >= 0.3 is 12.1 Å². The Balaban J connectivity index is 1.74. The predicted octanol–water partition coefficient (Wildman–Crippen LogP) is 4.68. The second-order valence-corrected chi connectivity index (χ2v) is 17.8. The molecule has 20 heteroatoms. The number of sulfonamides is 2. The van der Waals surface area contributed by atoms with Crippen molar-refractivity contribution in [3.63, 3.8) is 0 Å². The molecule has 0 radical (unpaired) electrons. The van der Waals surface area contributed by atoms with E-state index in [0.717, 1.165) is 40.0 Å². The Hall–Kier alpha value is -5.28. The Morgan fingerprint density at radius 3 is 1.89 bits per heavy atom. The Morgan fingerprint density at radius 1 is 0.842 bits per heavy atom. The van der Waals surface area contributed by atoms with Gasteiger partial charge in [0.2, 0.25) is 10.0 Å². The zero-order valence-electron chi connectivity index (χ0n) is 31.7. The number of ether oxygens (including phenoxy) is 2. The van der Waals surface area contributed by atoms with Gasteiger partial charge in [0, 0.05) is 31.3 Å². The Bertz CT molecular complexity index is 2180. The maximum Gasteiger partial charge on any atom is 0.408 e. The lowest BCUT2D eigenvalue weighted by atomic mass is 9.94. The van der Waals surface area contributed by atoms with Crippen molar-refractivity contribution >= 4 is 43.5 Å². The molecular formula is C37H45N5O13S2. The number of aliphatic hydroxyl groups is 1. The molecule has 3 aromatic carbocycles. The number of para-hydroxylation sites is 2. The standard InChI is InChI=1S/C37H45N5O13S2/c1-37(2,3)55-36(45)38-28(35(44)54-4)16-12-13-23-39(56(50,51)33-19-10-8-17-29(33)41(46)47)27-21-22-32(43)31(24-27)40(25-26-14-6-5-7-15-26)57(52,53)34-20-11-9-18-30(34)42(48)49/h5-11,14-15,17-22,27-28,31-32,43H,12-13,16,23-25H2,1-4H3,(H,38,45)/t27-,28-,31-,32+/m0/s1. The van der Waals surface area contributed by atoms with Crippen LogP contribution in [-0.2, 0) is 40.9 Å². The van der Waals surface area contributed by atoms with Crippen LogP contribution in [0.15, 0.2) is 101 Å². The summed E-state index contributed by atoms with van der Waals surface area (Å²) in [4.78, 5) is 46.0. The van der Waals surface area contributed by atoms with Crippen LogP contribution < -0.4 is 5.32 Å². The molecule has 18 nitrogen and oxygen atoms in total. The van der Waals surface area contributed by atoms with E-state index < -0.39 is 93.0 Å². The molecule has 1 amide bonds. The third kappa shape index (κ3) is 11.2. The van der Waals surface area contributed by atoms with E-state index in [4.69, 9.17) is 9.47 Å². The monoisotopic (exact) mass is 831 g/mol. The predicted molar refractivity (Wildman–Crippen MR) is 206 cm³/mol. The minimum Gasteiger partial charge on any atom is -0.467 e. The SMILES string of the molecule is COC(=O)[C@H](CCCCN([C@H]1C=C[C@@H](O)[C@@H](N(Cc2ccccc2)S(=O)(=O)c2ccccc2[N+](=O)[O-])C1)S(=O)(=O)c1ccccc1[N+](=O)[O-])NC(=O)OC(C)(C)C. The molecule has 57 heavy (non-hydrogen) atoms. The summed E-state index contributed by atoms with van der Waals surface area (Å²) in [6.45, 7) is 4.22. The number of rotatable bonds is 17. The molecular weight excluding hydrogens is 787 g/mol. The van der Waals surface area contributed by atoms with E-state index in [9.17, 15) is 51.8 Å². The number of carbonyl (C=O) groups excluding carboxylic acids is 2. The number of amides is 1. The van der Waals surface area contributed by atoms with Gasteiger partial charge < -0.3 is 19.9 Å². The van der Waals surface area contributed by atoms with E-state index >= 15 is 0 Å². The minimum absolute atomic E-state index is 0.0217. The first-order valence-corrected chi connectivity index (χ1v) is 20.6. The molecule has 1 aliphatic rings. The van der Waals surface area contributed by atoms with Crippen LogP contribution in [0.3, 0.4) is 0 Å². The lowest BCUT2D eigenvalue weighted by Gasteiger charge is -2.40. The van der Waals surface area contributed by atoms with Crippen LogP contribution in [0.1, 0.15) is 52.0 Å². The van der Waals surface area contributed by atoms with Gasteiger partial charge in [0.05, 0.1) is 29.1 Å². The summed E-state index contributed by atoms with van der Waals surface area (Å²) in [7, 11) is -8.39. The fourth-order valence-electron chi connectivity index (χ4n) is 6.31. The van der Waals surface area contributed by atoms with Gasteiger partial charge in [-0.1, -0.05) is 66.7 Å². The number of benzene rings is 3. The average Bonchev–Trinajstić information content (AvgIpc) is 3.16. The number of hydrogen-bond donors (Lipinski definition) is 2. The Kier molecular flexibility index (Phi) is 14.6. The first-order chi connectivity index (χ1) is 26.8. The number of hydrogen-bond acceptors (Lipinski definition) is 13. The van der Waals surface area contributed by atoms with E-state index in [1.807, 2.05) is 0 Å². The van der Waals surface area contributed by atoms with E-state index in [1.165, 1.54) is 36.4 Å². The van der Waals surface area contributed by atoms with Crippen molar-refractivity contribution in [2.24, 2.45) is 0 Å². The van der Waals surface area contributed by atoms with Gasteiger partial charge in [-0.2, -0.15) is 8.61 Å². The number of nitro groups is 2. The van der Waals surface area contributed by atoms with Gasteiger partial charge in [-0.05, 0) is 64.2 Å². The molecule has 0 saturated carbocycles. The maximum atomic E-state index is 14.5. The van der Waals surface area contributed by atoms with Gasteiger partial charge in [0.25, 0.3) is 21.4 Å².